The highest BCUT2D eigenvalue weighted by atomic mass is 16.3. The molecule has 1 aromatic rings. The smallest absolute Gasteiger partial charge is 0.238 e. The number of rotatable bonds is 3. The van der Waals surface area contributed by atoms with Gasteiger partial charge in [-0.15, -0.1) is 0 Å². The van der Waals surface area contributed by atoms with E-state index in [0.717, 1.165) is 31.6 Å². The van der Waals surface area contributed by atoms with E-state index >= 15 is 0 Å². The van der Waals surface area contributed by atoms with Crippen LogP contribution in [0, 0.1) is 6.92 Å². The van der Waals surface area contributed by atoms with E-state index < -0.39 is 5.60 Å². The number of carbonyl (C=O) groups excluding carboxylic acids is 1. The number of piperidine rings is 1. The van der Waals surface area contributed by atoms with Crippen molar-refractivity contribution in [2.75, 3.05) is 25.0 Å². The Morgan fingerprint density at radius 1 is 1.32 bits per heavy atom. The molecule has 19 heavy (non-hydrogen) atoms. The first-order valence-corrected chi connectivity index (χ1v) is 6.76. The summed E-state index contributed by atoms with van der Waals surface area (Å²) < 4.78 is 0. The van der Waals surface area contributed by atoms with Crippen LogP contribution in [-0.4, -0.2) is 41.1 Å². The van der Waals surface area contributed by atoms with Crippen LogP contribution in [-0.2, 0) is 4.79 Å². The van der Waals surface area contributed by atoms with Gasteiger partial charge in [0.2, 0.25) is 5.91 Å². The molecule has 0 radical (unpaired) electrons. The van der Waals surface area contributed by atoms with Crippen molar-refractivity contribution in [3.05, 3.63) is 29.8 Å². The third kappa shape index (κ3) is 4.33. The Hall–Kier alpha value is -1.39. The zero-order chi connectivity index (χ0) is 13.9. The largest absolute Gasteiger partial charge is 0.390 e. The number of amides is 1. The lowest BCUT2D eigenvalue weighted by Crippen LogP contribution is -2.45. The molecule has 0 bridgehead atoms. The highest BCUT2D eigenvalue weighted by Crippen LogP contribution is 2.20. The maximum absolute atomic E-state index is 11.9. The van der Waals surface area contributed by atoms with Gasteiger partial charge in [-0.1, -0.05) is 17.7 Å². The molecule has 2 N–H and O–H groups in total. The number of nitrogens with zero attached hydrogens (tertiary/aromatic N) is 1. The number of hydrogen-bond donors (Lipinski definition) is 2. The van der Waals surface area contributed by atoms with Crippen molar-refractivity contribution in [3.63, 3.8) is 0 Å². The highest BCUT2D eigenvalue weighted by molar-refractivity contribution is 5.92. The van der Waals surface area contributed by atoms with Crippen LogP contribution in [0.25, 0.3) is 0 Å². The average molecular weight is 262 g/mol. The fourth-order valence-corrected chi connectivity index (χ4v) is 2.23. The lowest BCUT2D eigenvalue weighted by molar-refractivity contribution is -0.118. The van der Waals surface area contributed by atoms with E-state index in [1.165, 1.54) is 5.56 Å². The monoisotopic (exact) mass is 262 g/mol. The second-order valence-electron chi connectivity index (χ2n) is 5.69. The van der Waals surface area contributed by atoms with Gasteiger partial charge in [0.25, 0.3) is 0 Å². The lowest BCUT2D eigenvalue weighted by Gasteiger charge is -2.35. The Morgan fingerprint density at radius 2 is 1.89 bits per heavy atom. The highest BCUT2D eigenvalue weighted by Gasteiger charge is 2.27. The first kappa shape index (κ1) is 14.0. The Labute approximate surface area is 114 Å². The first-order valence-electron chi connectivity index (χ1n) is 6.76. The van der Waals surface area contributed by atoms with Crippen molar-refractivity contribution in [2.45, 2.75) is 32.3 Å². The number of anilines is 1. The molecule has 1 aromatic carbocycles. The van der Waals surface area contributed by atoms with E-state index in [9.17, 15) is 9.90 Å². The van der Waals surface area contributed by atoms with Crippen molar-refractivity contribution < 1.29 is 9.90 Å². The molecule has 2 rings (SSSR count). The van der Waals surface area contributed by atoms with E-state index in [4.69, 9.17) is 0 Å². The summed E-state index contributed by atoms with van der Waals surface area (Å²) >= 11 is 0. The molecule has 1 heterocycles. The molecule has 0 aliphatic carbocycles. The van der Waals surface area contributed by atoms with E-state index in [1.807, 2.05) is 38.1 Å². The fourth-order valence-electron chi connectivity index (χ4n) is 2.23. The number of benzene rings is 1. The van der Waals surface area contributed by atoms with Crippen LogP contribution in [0.15, 0.2) is 24.3 Å². The van der Waals surface area contributed by atoms with Gasteiger partial charge in [0.05, 0.1) is 12.1 Å². The van der Waals surface area contributed by atoms with Crippen LogP contribution in [0.1, 0.15) is 25.3 Å². The number of aliphatic hydroxyl groups is 1. The summed E-state index contributed by atoms with van der Waals surface area (Å²) in [6.07, 6.45) is 1.45. The second kappa shape index (κ2) is 5.72. The minimum absolute atomic E-state index is 0.00500. The van der Waals surface area contributed by atoms with Gasteiger partial charge < -0.3 is 10.4 Å². The van der Waals surface area contributed by atoms with Crippen LogP contribution in [0.2, 0.25) is 0 Å². The van der Waals surface area contributed by atoms with Crippen LogP contribution in [0.5, 0.6) is 0 Å². The summed E-state index contributed by atoms with van der Waals surface area (Å²) in [5.41, 5.74) is 1.44. The molecule has 1 fully saturated rings. The number of hydrogen-bond acceptors (Lipinski definition) is 3. The Kier molecular flexibility index (Phi) is 4.22. The molecule has 1 saturated heterocycles. The summed E-state index contributed by atoms with van der Waals surface area (Å²) in [4.78, 5) is 14.0. The predicted molar refractivity (Wildman–Crippen MR) is 76.1 cm³/mol. The molecule has 4 heteroatoms. The van der Waals surface area contributed by atoms with Gasteiger partial charge in [-0.05, 0) is 38.8 Å². The molecule has 104 valence electrons. The quantitative estimate of drug-likeness (QED) is 0.873. The minimum Gasteiger partial charge on any atom is -0.390 e. The molecule has 1 amide bonds. The standard InChI is InChI=1S/C15H22N2O2/c1-12-3-5-13(6-4-12)16-14(18)11-17-9-7-15(2,19)8-10-17/h3-6,19H,7-11H2,1-2H3,(H,16,18). The minimum atomic E-state index is -0.566. The normalized spacial score (nSPS) is 19.1. The molecular formula is C15H22N2O2. The average Bonchev–Trinajstić information content (AvgIpc) is 2.35. The van der Waals surface area contributed by atoms with Crippen molar-refractivity contribution in [3.8, 4) is 0 Å². The van der Waals surface area contributed by atoms with Crippen molar-refractivity contribution in [1.82, 2.24) is 4.90 Å². The van der Waals surface area contributed by atoms with E-state index in [2.05, 4.69) is 10.2 Å². The number of nitrogens with one attached hydrogen (secondary N) is 1. The van der Waals surface area contributed by atoms with Crippen LogP contribution in [0.4, 0.5) is 5.69 Å². The molecule has 0 spiro atoms. The summed E-state index contributed by atoms with van der Waals surface area (Å²) in [5, 5.41) is 12.8. The van der Waals surface area contributed by atoms with Gasteiger partial charge >= 0.3 is 0 Å². The maximum atomic E-state index is 11.9. The van der Waals surface area contributed by atoms with Crippen molar-refractivity contribution >= 4 is 11.6 Å². The van der Waals surface area contributed by atoms with Crippen molar-refractivity contribution in [1.29, 1.82) is 0 Å². The fraction of sp³-hybridized carbons (Fsp3) is 0.533. The van der Waals surface area contributed by atoms with Gasteiger partial charge in [0.1, 0.15) is 0 Å². The summed E-state index contributed by atoms with van der Waals surface area (Å²) in [6, 6.07) is 7.78. The summed E-state index contributed by atoms with van der Waals surface area (Å²) in [7, 11) is 0. The number of carbonyl (C=O) groups is 1. The topological polar surface area (TPSA) is 52.6 Å². The Morgan fingerprint density at radius 3 is 2.47 bits per heavy atom. The molecular weight excluding hydrogens is 240 g/mol. The summed E-state index contributed by atoms with van der Waals surface area (Å²) in [6.45, 7) is 5.81. The first-order chi connectivity index (χ1) is 8.94. The third-order valence-corrected chi connectivity index (χ3v) is 3.64. The predicted octanol–water partition coefficient (Wildman–Crippen LogP) is 1.78. The molecule has 0 saturated carbocycles. The SMILES string of the molecule is Cc1ccc(NC(=O)CN2CCC(C)(O)CC2)cc1. The second-order valence-corrected chi connectivity index (χ2v) is 5.69. The molecule has 4 nitrogen and oxygen atoms in total. The van der Waals surface area contributed by atoms with E-state index in [0.29, 0.717) is 6.54 Å². The lowest BCUT2D eigenvalue weighted by atomic mass is 9.94. The Balaban J connectivity index is 1.80. The van der Waals surface area contributed by atoms with Gasteiger partial charge in [-0.25, -0.2) is 0 Å². The van der Waals surface area contributed by atoms with Gasteiger partial charge in [0, 0.05) is 18.8 Å². The number of aryl methyl sites for hydroxylation is 1. The molecule has 1 aliphatic rings. The molecule has 1 aliphatic heterocycles. The van der Waals surface area contributed by atoms with Crippen LogP contribution >= 0.6 is 0 Å². The zero-order valence-electron chi connectivity index (χ0n) is 11.6. The van der Waals surface area contributed by atoms with Crippen molar-refractivity contribution in [2.24, 2.45) is 0 Å². The van der Waals surface area contributed by atoms with Crippen LogP contribution < -0.4 is 5.32 Å². The summed E-state index contributed by atoms with van der Waals surface area (Å²) in [5.74, 6) is 0.00500. The molecule has 0 unspecified atom stereocenters. The van der Waals surface area contributed by atoms with Crippen LogP contribution in [0.3, 0.4) is 0 Å². The maximum Gasteiger partial charge on any atom is 0.238 e. The van der Waals surface area contributed by atoms with Gasteiger partial charge in [-0.3, -0.25) is 9.69 Å². The Bertz CT molecular complexity index is 430. The molecule has 0 aromatic heterocycles. The van der Waals surface area contributed by atoms with Gasteiger partial charge in [-0.2, -0.15) is 0 Å². The third-order valence-electron chi connectivity index (χ3n) is 3.64. The number of likely N-dealkylation sites (tertiary alicyclic amines) is 1. The van der Waals surface area contributed by atoms with E-state index in [1.54, 1.807) is 0 Å². The molecule has 0 atom stereocenters. The zero-order valence-corrected chi connectivity index (χ0v) is 11.6. The van der Waals surface area contributed by atoms with Gasteiger partial charge in [0.15, 0.2) is 0 Å². The van der Waals surface area contributed by atoms with E-state index in [-0.39, 0.29) is 5.91 Å².